The molecule has 3 aromatic carbocycles. The number of hydrogen-bond donors (Lipinski definition) is 0. The number of methoxy groups -OCH3 is 1. The van der Waals surface area contributed by atoms with Gasteiger partial charge in [0.2, 0.25) is 10.0 Å². The Kier molecular flexibility index (Phi) is 8.95. The molecule has 9 nitrogen and oxygen atoms in total. The Bertz CT molecular complexity index is 1640. The van der Waals surface area contributed by atoms with Crippen molar-refractivity contribution in [1.82, 2.24) is 8.87 Å². The lowest BCUT2D eigenvalue weighted by Crippen LogP contribution is -2.30. The van der Waals surface area contributed by atoms with Gasteiger partial charge in [-0.25, -0.2) is 8.42 Å². The molecule has 0 atom stereocenters. The van der Waals surface area contributed by atoms with Crippen molar-refractivity contribution in [2.24, 2.45) is 4.99 Å². The van der Waals surface area contributed by atoms with Gasteiger partial charge in [0, 0.05) is 18.7 Å². The van der Waals surface area contributed by atoms with E-state index in [0.717, 1.165) is 10.3 Å². The van der Waals surface area contributed by atoms with Gasteiger partial charge in [0.1, 0.15) is 12.3 Å². The fraction of sp³-hybridized carbons (Fsp3) is 0.250. The first-order chi connectivity index (χ1) is 18.8. The summed E-state index contributed by atoms with van der Waals surface area (Å²) in [7, 11) is -2.48. The Hall–Kier alpha value is -3.80. The van der Waals surface area contributed by atoms with Gasteiger partial charge in [0.05, 0.1) is 28.8 Å². The van der Waals surface area contributed by atoms with E-state index in [1.54, 1.807) is 23.6 Å². The van der Waals surface area contributed by atoms with E-state index in [1.807, 2.05) is 43.3 Å². The number of aromatic nitrogens is 1. The van der Waals surface area contributed by atoms with Gasteiger partial charge in [0.15, 0.2) is 4.80 Å². The van der Waals surface area contributed by atoms with Crippen molar-refractivity contribution in [2.45, 2.75) is 31.8 Å². The number of amides is 1. The summed E-state index contributed by atoms with van der Waals surface area (Å²) in [5.41, 5.74) is 1.81. The molecule has 1 heterocycles. The molecule has 4 rings (SSSR count). The number of nitrogens with zero attached hydrogens (tertiary/aromatic N) is 3. The maximum Gasteiger partial charge on any atom is 0.325 e. The first-order valence-electron chi connectivity index (χ1n) is 12.3. The first-order valence-corrected chi connectivity index (χ1v) is 14.6. The predicted molar refractivity (Wildman–Crippen MR) is 149 cm³/mol. The average molecular weight is 568 g/mol. The smallest absolute Gasteiger partial charge is 0.325 e. The largest absolute Gasteiger partial charge is 0.494 e. The van der Waals surface area contributed by atoms with Crippen LogP contribution in [0.4, 0.5) is 0 Å². The van der Waals surface area contributed by atoms with E-state index in [-0.39, 0.29) is 23.5 Å². The molecular weight excluding hydrogens is 538 g/mol. The van der Waals surface area contributed by atoms with E-state index in [0.29, 0.717) is 29.2 Å². The Labute approximate surface area is 231 Å². The second-order valence-corrected chi connectivity index (χ2v) is 11.4. The maximum absolute atomic E-state index is 13.3. The van der Waals surface area contributed by atoms with Gasteiger partial charge in [-0.2, -0.15) is 9.30 Å². The summed E-state index contributed by atoms with van der Waals surface area (Å²) in [5, 5.41) is 0. The molecular formula is C28H29N3O6S2. The molecule has 0 N–H and O–H groups in total. The highest BCUT2D eigenvalue weighted by atomic mass is 32.2. The van der Waals surface area contributed by atoms with E-state index in [9.17, 15) is 18.0 Å². The molecule has 204 valence electrons. The molecule has 0 unspecified atom stereocenters. The molecule has 0 fully saturated rings. The van der Waals surface area contributed by atoms with E-state index in [4.69, 9.17) is 9.47 Å². The number of hydrogen-bond acceptors (Lipinski definition) is 7. The van der Waals surface area contributed by atoms with E-state index >= 15 is 0 Å². The number of benzene rings is 3. The van der Waals surface area contributed by atoms with Gasteiger partial charge in [0.25, 0.3) is 5.91 Å². The zero-order valence-electron chi connectivity index (χ0n) is 21.9. The molecule has 0 saturated heterocycles. The number of fused-ring (bicyclic) bond motifs is 1. The predicted octanol–water partition coefficient (Wildman–Crippen LogP) is 4.23. The van der Waals surface area contributed by atoms with Crippen LogP contribution >= 0.6 is 11.3 Å². The summed E-state index contributed by atoms with van der Waals surface area (Å²) in [6.07, 6.45) is 0. The van der Waals surface area contributed by atoms with Crippen LogP contribution < -0.4 is 9.54 Å². The summed E-state index contributed by atoms with van der Waals surface area (Å²) in [4.78, 5) is 29.8. The lowest BCUT2D eigenvalue weighted by atomic mass is 10.2. The van der Waals surface area contributed by atoms with E-state index < -0.39 is 21.9 Å². The summed E-state index contributed by atoms with van der Waals surface area (Å²) in [6.45, 7) is 4.58. The van der Waals surface area contributed by atoms with Gasteiger partial charge >= 0.3 is 5.97 Å². The molecule has 0 bridgehead atoms. The fourth-order valence-corrected chi connectivity index (χ4v) is 6.46. The highest BCUT2D eigenvalue weighted by molar-refractivity contribution is 7.89. The molecule has 0 aliphatic heterocycles. The Morgan fingerprint density at radius 3 is 2.36 bits per heavy atom. The van der Waals surface area contributed by atoms with Crippen LogP contribution in [-0.2, 0) is 32.6 Å². The van der Waals surface area contributed by atoms with Crippen LogP contribution in [0.3, 0.4) is 0 Å². The normalized spacial score (nSPS) is 12.2. The standard InChI is InChI=1S/C28H29N3O6S2/c1-4-30(18-20-9-7-6-8-10-20)39(34,35)23-14-11-21(12-15-23)27(33)29-28-31(19-26(32)36-3)24-16-13-22(37-5-2)17-25(24)38-28/h6-17H,4-5,18-19H2,1-3H3. The van der Waals surface area contributed by atoms with Gasteiger partial charge in [-0.15, -0.1) is 0 Å². The second-order valence-electron chi connectivity index (χ2n) is 8.47. The quantitative estimate of drug-likeness (QED) is 0.266. The molecule has 0 aliphatic carbocycles. The highest BCUT2D eigenvalue weighted by Crippen LogP contribution is 2.24. The molecule has 0 saturated carbocycles. The Morgan fingerprint density at radius 1 is 1.00 bits per heavy atom. The third-order valence-electron chi connectivity index (χ3n) is 5.97. The summed E-state index contributed by atoms with van der Waals surface area (Å²) in [6, 6.07) is 20.5. The van der Waals surface area contributed by atoms with Crippen LogP contribution in [0, 0.1) is 0 Å². The zero-order valence-corrected chi connectivity index (χ0v) is 23.5. The molecule has 0 aliphatic rings. The lowest BCUT2D eigenvalue weighted by Gasteiger charge is -2.20. The average Bonchev–Trinajstić information content (AvgIpc) is 3.27. The molecule has 39 heavy (non-hydrogen) atoms. The van der Waals surface area contributed by atoms with E-state index in [1.165, 1.54) is 47.0 Å². The summed E-state index contributed by atoms with van der Waals surface area (Å²) < 4.78 is 40.7. The van der Waals surface area contributed by atoms with Crippen LogP contribution in [0.2, 0.25) is 0 Å². The monoisotopic (exact) mass is 567 g/mol. The lowest BCUT2D eigenvalue weighted by molar-refractivity contribution is -0.141. The van der Waals surface area contributed by atoms with Crippen LogP contribution in [0.25, 0.3) is 10.2 Å². The van der Waals surface area contributed by atoms with E-state index in [2.05, 4.69) is 4.99 Å². The number of esters is 1. The third kappa shape index (κ3) is 6.44. The van der Waals surface area contributed by atoms with Gasteiger partial charge in [-0.1, -0.05) is 48.6 Å². The zero-order chi connectivity index (χ0) is 28.0. The first kappa shape index (κ1) is 28.2. The Morgan fingerprint density at radius 2 is 1.72 bits per heavy atom. The molecule has 11 heteroatoms. The number of ether oxygens (including phenoxy) is 2. The molecule has 0 spiro atoms. The topological polar surface area (TPSA) is 107 Å². The second kappa shape index (κ2) is 12.4. The van der Waals surface area contributed by atoms with Crippen molar-refractivity contribution < 1.29 is 27.5 Å². The maximum atomic E-state index is 13.3. The minimum Gasteiger partial charge on any atom is -0.494 e. The van der Waals surface area contributed by atoms with Crippen LogP contribution in [0.1, 0.15) is 29.8 Å². The highest BCUT2D eigenvalue weighted by Gasteiger charge is 2.23. The van der Waals surface area contributed by atoms with Gasteiger partial charge < -0.3 is 14.0 Å². The van der Waals surface area contributed by atoms with Gasteiger partial charge in [-0.3, -0.25) is 9.59 Å². The van der Waals surface area contributed by atoms with Crippen LogP contribution in [-0.4, -0.2) is 49.4 Å². The van der Waals surface area contributed by atoms with Gasteiger partial charge in [-0.05, 0) is 55.0 Å². The number of thiazole rings is 1. The van der Waals surface area contributed by atoms with Crippen molar-refractivity contribution >= 4 is 43.5 Å². The number of carbonyl (C=O) groups is 2. The Balaban J connectivity index is 1.64. The van der Waals surface area contributed by atoms with Crippen molar-refractivity contribution in [2.75, 3.05) is 20.3 Å². The fourth-order valence-electron chi connectivity index (χ4n) is 3.97. The minimum absolute atomic E-state index is 0.0860. The number of sulfonamides is 1. The van der Waals surface area contributed by atoms with Crippen molar-refractivity contribution in [3.63, 3.8) is 0 Å². The summed E-state index contributed by atoms with van der Waals surface area (Å²) in [5.74, 6) is -0.381. The number of carbonyl (C=O) groups excluding carboxylic acids is 2. The molecule has 1 amide bonds. The van der Waals surface area contributed by atoms with Crippen LogP contribution in [0.15, 0.2) is 82.7 Å². The third-order valence-corrected chi connectivity index (χ3v) is 8.95. The molecule has 0 radical (unpaired) electrons. The van der Waals surface area contributed by atoms with Crippen molar-refractivity contribution in [1.29, 1.82) is 0 Å². The molecule has 4 aromatic rings. The summed E-state index contributed by atoms with van der Waals surface area (Å²) >= 11 is 1.24. The van der Waals surface area contributed by atoms with Crippen molar-refractivity contribution in [3.8, 4) is 5.75 Å². The SMILES string of the molecule is CCOc1ccc2c(c1)sc(=NC(=O)c1ccc(S(=O)(=O)N(CC)Cc3ccccc3)cc1)n2CC(=O)OC. The van der Waals surface area contributed by atoms with Crippen molar-refractivity contribution in [3.05, 3.63) is 88.7 Å². The number of rotatable bonds is 10. The minimum atomic E-state index is -3.77. The van der Waals surface area contributed by atoms with Crippen LogP contribution in [0.5, 0.6) is 5.75 Å². The molecule has 1 aromatic heterocycles.